The Morgan fingerprint density at radius 2 is 1.64 bits per heavy atom. The van der Waals surface area contributed by atoms with Gasteiger partial charge in [-0.15, -0.1) is 0 Å². The molecule has 3 atom stereocenters. The summed E-state index contributed by atoms with van der Waals surface area (Å²) in [6, 6.07) is 21.4. The minimum atomic E-state index is -0.818. The van der Waals surface area contributed by atoms with E-state index in [1.165, 1.54) is 0 Å². The summed E-state index contributed by atoms with van der Waals surface area (Å²) in [6.45, 7) is 1.61. The van der Waals surface area contributed by atoms with Crippen molar-refractivity contribution in [2.45, 2.75) is 36.8 Å². The number of rotatable bonds is 4. The Morgan fingerprint density at radius 3 is 2.24 bits per heavy atom. The minimum Gasteiger partial charge on any atom is -0.339 e. The molecule has 0 aromatic heterocycles. The summed E-state index contributed by atoms with van der Waals surface area (Å²) >= 11 is 0. The number of benzene rings is 2. The molecular weight excluding hydrogens is 312 g/mol. The maximum atomic E-state index is 6.64. The van der Waals surface area contributed by atoms with E-state index in [4.69, 9.17) is 9.47 Å². The molecule has 0 aliphatic carbocycles. The Balaban J connectivity index is 1.63. The normalized spacial score (nSPS) is 28.8. The third-order valence-corrected chi connectivity index (χ3v) is 5.37. The molecule has 132 valence electrons. The number of hydrogen-bond donors (Lipinski definition) is 2. The largest absolute Gasteiger partial charge is 0.339 e. The van der Waals surface area contributed by atoms with Crippen molar-refractivity contribution in [1.29, 1.82) is 0 Å². The summed E-state index contributed by atoms with van der Waals surface area (Å²) in [7, 11) is 2.04. The summed E-state index contributed by atoms with van der Waals surface area (Å²) in [5.41, 5.74) is 2.09. The zero-order chi connectivity index (χ0) is 17.1. The van der Waals surface area contributed by atoms with Gasteiger partial charge in [0, 0.05) is 23.2 Å². The number of hydrogen-bond acceptors (Lipinski definition) is 4. The van der Waals surface area contributed by atoms with E-state index >= 15 is 0 Å². The van der Waals surface area contributed by atoms with Gasteiger partial charge in [-0.3, -0.25) is 0 Å². The fraction of sp³-hybridized carbons (Fsp3) is 0.429. The Labute approximate surface area is 149 Å². The van der Waals surface area contributed by atoms with Crippen molar-refractivity contribution >= 4 is 0 Å². The van der Waals surface area contributed by atoms with Crippen LogP contribution in [0.25, 0.3) is 0 Å². The molecule has 2 aliphatic heterocycles. The molecule has 0 bridgehead atoms. The average molecular weight is 338 g/mol. The van der Waals surface area contributed by atoms with Gasteiger partial charge in [0.1, 0.15) is 6.10 Å². The molecule has 2 saturated heterocycles. The van der Waals surface area contributed by atoms with Crippen LogP contribution in [-0.2, 0) is 15.3 Å². The first-order valence-corrected chi connectivity index (χ1v) is 9.15. The van der Waals surface area contributed by atoms with Crippen LogP contribution in [-0.4, -0.2) is 38.4 Å². The molecule has 4 rings (SSSR count). The average Bonchev–Trinajstić information content (AvgIpc) is 3.16. The molecule has 2 aromatic rings. The van der Waals surface area contributed by atoms with E-state index in [1.807, 2.05) is 43.4 Å². The van der Waals surface area contributed by atoms with Gasteiger partial charge in [0.2, 0.25) is 5.79 Å². The van der Waals surface area contributed by atoms with Crippen LogP contribution in [0.5, 0.6) is 0 Å². The molecule has 0 radical (unpaired) electrons. The van der Waals surface area contributed by atoms with Crippen molar-refractivity contribution in [1.82, 2.24) is 10.6 Å². The topological polar surface area (TPSA) is 42.5 Å². The Hall–Kier alpha value is -1.72. The van der Waals surface area contributed by atoms with Crippen LogP contribution in [0.2, 0.25) is 0 Å². The van der Waals surface area contributed by atoms with Crippen molar-refractivity contribution < 1.29 is 9.47 Å². The van der Waals surface area contributed by atoms with Crippen LogP contribution in [0, 0.1) is 0 Å². The summed E-state index contributed by atoms with van der Waals surface area (Å²) in [5.74, 6) is -0.818. The van der Waals surface area contributed by atoms with Gasteiger partial charge in [0.25, 0.3) is 0 Å². The lowest BCUT2D eigenvalue weighted by Crippen LogP contribution is -2.51. The molecule has 2 heterocycles. The summed E-state index contributed by atoms with van der Waals surface area (Å²) in [4.78, 5) is 0. The number of ether oxygens (including phenoxy) is 2. The summed E-state index contributed by atoms with van der Waals surface area (Å²) in [5, 5.41) is 7.03. The Morgan fingerprint density at radius 1 is 1.00 bits per heavy atom. The first-order valence-electron chi connectivity index (χ1n) is 9.15. The molecule has 25 heavy (non-hydrogen) atoms. The standard InChI is InChI=1S/C21H26N2O2/c1-22-18-12-13-23-19(14-18)20-15-24-21(25-20,16-8-4-2-5-9-16)17-10-6-3-7-11-17/h2-11,18-20,22-23H,12-15H2,1H3/t18-,19-,20-/m0/s1. The second kappa shape index (κ2) is 7.26. The van der Waals surface area contributed by atoms with Crippen LogP contribution in [0.4, 0.5) is 0 Å². The Kier molecular flexibility index (Phi) is 4.86. The van der Waals surface area contributed by atoms with Crippen molar-refractivity contribution in [3.05, 3.63) is 71.8 Å². The molecular formula is C21H26N2O2. The highest BCUT2D eigenvalue weighted by Crippen LogP contribution is 2.41. The third-order valence-electron chi connectivity index (χ3n) is 5.37. The quantitative estimate of drug-likeness (QED) is 0.899. The highest BCUT2D eigenvalue weighted by Gasteiger charge is 2.47. The van der Waals surface area contributed by atoms with Gasteiger partial charge in [-0.1, -0.05) is 60.7 Å². The molecule has 2 fully saturated rings. The SMILES string of the molecule is CN[C@H]1CCN[C@H]([C@@H]2COC(c3ccccc3)(c3ccccc3)O2)C1. The van der Waals surface area contributed by atoms with Gasteiger partial charge in [0.05, 0.1) is 6.61 Å². The fourth-order valence-electron chi connectivity index (χ4n) is 3.96. The fourth-order valence-corrected chi connectivity index (χ4v) is 3.96. The van der Waals surface area contributed by atoms with Crippen LogP contribution in [0.3, 0.4) is 0 Å². The van der Waals surface area contributed by atoms with Gasteiger partial charge < -0.3 is 20.1 Å². The predicted molar refractivity (Wildman–Crippen MR) is 98.4 cm³/mol. The van der Waals surface area contributed by atoms with Crippen LogP contribution < -0.4 is 10.6 Å². The van der Waals surface area contributed by atoms with Crippen LogP contribution in [0.1, 0.15) is 24.0 Å². The summed E-state index contributed by atoms with van der Waals surface area (Å²) < 4.78 is 13.0. The smallest absolute Gasteiger partial charge is 0.222 e. The van der Waals surface area contributed by atoms with E-state index in [9.17, 15) is 0 Å². The van der Waals surface area contributed by atoms with Crippen LogP contribution >= 0.6 is 0 Å². The highest BCUT2D eigenvalue weighted by molar-refractivity contribution is 5.34. The highest BCUT2D eigenvalue weighted by atomic mass is 16.7. The lowest BCUT2D eigenvalue weighted by atomic mass is 9.95. The second-order valence-electron chi connectivity index (χ2n) is 6.89. The zero-order valence-corrected chi connectivity index (χ0v) is 14.7. The first kappa shape index (κ1) is 16.7. The van der Waals surface area contributed by atoms with E-state index in [0.29, 0.717) is 18.7 Å². The van der Waals surface area contributed by atoms with Crippen molar-refractivity contribution in [2.75, 3.05) is 20.2 Å². The number of nitrogens with one attached hydrogen (secondary N) is 2. The maximum absolute atomic E-state index is 6.64. The van der Waals surface area contributed by atoms with E-state index in [2.05, 4.69) is 34.9 Å². The third kappa shape index (κ3) is 3.23. The second-order valence-corrected chi connectivity index (χ2v) is 6.89. The molecule has 0 spiro atoms. The molecule has 2 aliphatic rings. The molecule has 0 amide bonds. The molecule has 2 N–H and O–H groups in total. The van der Waals surface area contributed by atoms with Gasteiger partial charge in [0.15, 0.2) is 0 Å². The lowest BCUT2D eigenvalue weighted by Gasteiger charge is -2.34. The van der Waals surface area contributed by atoms with E-state index in [-0.39, 0.29) is 6.10 Å². The van der Waals surface area contributed by atoms with Crippen molar-refractivity contribution in [3.8, 4) is 0 Å². The van der Waals surface area contributed by atoms with E-state index in [1.54, 1.807) is 0 Å². The first-order chi connectivity index (χ1) is 12.3. The number of piperidine rings is 1. The molecule has 0 saturated carbocycles. The maximum Gasteiger partial charge on any atom is 0.222 e. The predicted octanol–water partition coefficient (Wildman–Crippen LogP) is 2.64. The van der Waals surface area contributed by atoms with Crippen molar-refractivity contribution in [3.63, 3.8) is 0 Å². The van der Waals surface area contributed by atoms with Gasteiger partial charge >= 0.3 is 0 Å². The minimum absolute atomic E-state index is 0.0385. The van der Waals surface area contributed by atoms with E-state index in [0.717, 1.165) is 30.5 Å². The molecule has 0 unspecified atom stereocenters. The summed E-state index contributed by atoms with van der Waals surface area (Å²) in [6.07, 6.45) is 2.25. The van der Waals surface area contributed by atoms with Crippen LogP contribution in [0.15, 0.2) is 60.7 Å². The molecule has 4 heteroatoms. The molecule has 4 nitrogen and oxygen atoms in total. The van der Waals surface area contributed by atoms with Crippen molar-refractivity contribution in [2.24, 2.45) is 0 Å². The van der Waals surface area contributed by atoms with E-state index < -0.39 is 5.79 Å². The Bertz CT molecular complexity index is 637. The van der Waals surface area contributed by atoms with Gasteiger partial charge in [-0.25, -0.2) is 0 Å². The van der Waals surface area contributed by atoms with Gasteiger partial charge in [-0.05, 0) is 26.4 Å². The monoisotopic (exact) mass is 338 g/mol. The molecule has 2 aromatic carbocycles. The lowest BCUT2D eigenvalue weighted by molar-refractivity contribution is -0.146. The zero-order valence-electron chi connectivity index (χ0n) is 14.7. The van der Waals surface area contributed by atoms with Gasteiger partial charge in [-0.2, -0.15) is 0 Å².